The fraction of sp³-hybridized carbons (Fsp3) is 0.333. The third kappa shape index (κ3) is 4.21. The van der Waals surface area contributed by atoms with Gasteiger partial charge in [0, 0.05) is 12.3 Å². The van der Waals surface area contributed by atoms with Crippen molar-refractivity contribution < 1.29 is 12.8 Å². The summed E-state index contributed by atoms with van der Waals surface area (Å²) in [7, 11) is -3.01. The summed E-state index contributed by atoms with van der Waals surface area (Å²) >= 11 is 0. The monoisotopic (exact) mass is 293 g/mol. The van der Waals surface area contributed by atoms with Crippen molar-refractivity contribution in [2.24, 2.45) is 0 Å². The highest BCUT2D eigenvalue weighted by Crippen LogP contribution is 2.23. The van der Waals surface area contributed by atoms with E-state index >= 15 is 0 Å². The first-order valence-electron chi connectivity index (χ1n) is 6.48. The maximum Gasteiger partial charge on any atom is 0.148 e. The van der Waals surface area contributed by atoms with Crippen LogP contribution < -0.4 is 5.32 Å². The molecule has 2 unspecified atom stereocenters. The zero-order chi connectivity index (χ0) is 14.6. The fourth-order valence-electron chi connectivity index (χ4n) is 2.23. The average Bonchev–Trinajstić information content (AvgIpc) is 2.88. The molecule has 0 aliphatic heterocycles. The quantitative estimate of drug-likeness (QED) is 0.888. The summed E-state index contributed by atoms with van der Waals surface area (Å²) in [6.07, 6.45) is 2.86. The molecule has 2 rings (SSSR count). The van der Waals surface area contributed by atoms with Crippen LogP contribution in [0.1, 0.15) is 24.3 Å². The van der Waals surface area contributed by atoms with Gasteiger partial charge in [-0.05, 0) is 24.6 Å². The van der Waals surface area contributed by atoms with Gasteiger partial charge in [0.05, 0.1) is 18.1 Å². The Morgan fingerprint density at radius 2 is 1.85 bits per heavy atom. The van der Waals surface area contributed by atoms with Gasteiger partial charge in [0.25, 0.3) is 0 Å². The van der Waals surface area contributed by atoms with E-state index in [2.05, 4.69) is 5.32 Å². The van der Waals surface area contributed by atoms with Crippen molar-refractivity contribution in [3.8, 4) is 0 Å². The number of rotatable bonds is 6. The van der Waals surface area contributed by atoms with Crippen molar-refractivity contribution in [1.29, 1.82) is 0 Å². The molecule has 0 aliphatic carbocycles. The predicted octanol–water partition coefficient (Wildman–Crippen LogP) is 2.39. The Kier molecular flexibility index (Phi) is 4.62. The van der Waals surface area contributed by atoms with Crippen LogP contribution in [-0.2, 0) is 9.84 Å². The van der Waals surface area contributed by atoms with Crippen molar-refractivity contribution in [1.82, 2.24) is 5.32 Å². The minimum absolute atomic E-state index is 0.0943. The average molecular weight is 293 g/mol. The Balaban J connectivity index is 2.21. The number of hydrogen-bond acceptors (Lipinski definition) is 4. The second-order valence-corrected chi connectivity index (χ2v) is 7.20. The Bertz CT molecular complexity index is 620. The summed E-state index contributed by atoms with van der Waals surface area (Å²) in [5.41, 5.74) is 1.04. The highest BCUT2D eigenvalue weighted by atomic mass is 32.2. The molecule has 0 saturated heterocycles. The molecule has 1 heterocycles. The molecule has 1 N–H and O–H groups in total. The first kappa shape index (κ1) is 14.8. The van der Waals surface area contributed by atoms with Crippen LogP contribution in [0.15, 0.2) is 53.1 Å². The molecular weight excluding hydrogens is 274 g/mol. The lowest BCUT2D eigenvalue weighted by molar-refractivity contribution is 0.424. The second kappa shape index (κ2) is 6.24. The van der Waals surface area contributed by atoms with Crippen LogP contribution in [0.25, 0.3) is 0 Å². The molecule has 2 aromatic rings. The fourth-order valence-corrected chi connectivity index (χ4v) is 3.23. The van der Waals surface area contributed by atoms with Crippen LogP contribution in [0.3, 0.4) is 0 Å². The first-order chi connectivity index (χ1) is 9.46. The van der Waals surface area contributed by atoms with Crippen molar-refractivity contribution in [2.45, 2.75) is 19.0 Å². The van der Waals surface area contributed by atoms with Crippen LogP contribution >= 0.6 is 0 Å². The maximum atomic E-state index is 11.4. The highest BCUT2D eigenvalue weighted by molar-refractivity contribution is 7.90. The van der Waals surface area contributed by atoms with Crippen molar-refractivity contribution in [3.05, 3.63) is 60.1 Å². The van der Waals surface area contributed by atoms with E-state index in [-0.39, 0.29) is 17.8 Å². The molecule has 20 heavy (non-hydrogen) atoms. The van der Waals surface area contributed by atoms with E-state index in [0.717, 1.165) is 11.3 Å². The lowest BCUT2D eigenvalue weighted by Gasteiger charge is -2.21. The SMILES string of the molecule is CC(CS(C)(=O)=O)NC(c1ccccc1)c1ccco1. The predicted molar refractivity (Wildman–Crippen MR) is 79.3 cm³/mol. The van der Waals surface area contributed by atoms with E-state index in [4.69, 9.17) is 4.42 Å². The van der Waals surface area contributed by atoms with Gasteiger partial charge in [-0.2, -0.15) is 0 Å². The molecule has 5 heteroatoms. The lowest BCUT2D eigenvalue weighted by Crippen LogP contribution is -2.36. The maximum absolute atomic E-state index is 11.4. The number of nitrogens with one attached hydrogen (secondary N) is 1. The van der Waals surface area contributed by atoms with Crippen molar-refractivity contribution in [3.63, 3.8) is 0 Å². The third-order valence-corrected chi connectivity index (χ3v) is 4.07. The number of furan rings is 1. The molecule has 0 saturated carbocycles. The molecule has 0 aliphatic rings. The Hall–Kier alpha value is -1.59. The summed E-state index contributed by atoms with van der Waals surface area (Å²) in [5, 5.41) is 3.32. The number of sulfone groups is 1. The van der Waals surface area contributed by atoms with E-state index in [0.29, 0.717) is 0 Å². The zero-order valence-electron chi connectivity index (χ0n) is 11.6. The van der Waals surface area contributed by atoms with E-state index < -0.39 is 9.84 Å². The molecule has 0 spiro atoms. The zero-order valence-corrected chi connectivity index (χ0v) is 12.4. The number of hydrogen-bond donors (Lipinski definition) is 1. The Morgan fingerprint density at radius 3 is 2.40 bits per heavy atom. The molecule has 1 aromatic heterocycles. The van der Waals surface area contributed by atoms with Gasteiger partial charge in [-0.1, -0.05) is 30.3 Å². The van der Waals surface area contributed by atoms with E-state index in [1.165, 1.54) is 6.26 Å². The molecule has 0 fully saturated rings. The van der Waals surface area contributed by atoms with Crippen LogP contribution in [0.5, 0.6) is 0 Å². The van der Waals surface area contributed by atoms with Crippen LogP contribution in [0.2, 0.25) is 0 Å². The molecule has 108 valence electrons. The van der Waals surface area contributed by atoms with Crippen LogP contribution in [0, 0.1) is 0 Å². The molecular formula is C15H19NO3S. The Morgan fingerprint density at radius 1 is 1.15 bits per heavy atom. The minimum atomic E-state index is -3.01. The summed E-state index contributed by atoms with van der Waals surface area (Å²) < 4.78 is 28.2. The first-order valence-corrected chi connectivity index (χ1v) is 8.54. The highest BCUT2D eigenvalue weighted by Gasteiger charge is 2.20. The standard InChI is InChI=1S/C15H19NO3S/c1-12(11-20(2,17)18)16-15(14-9-6-10-19-14)13-7-4-3-5-8-13/h3-10,12,15-16H,11H2,1-2H3. The van der Waals surface area contributed by atoms with Gasteiger partial charge in [-0.3, -0.25) is 0 Å². The van der Waals surface area contributed by atoms with Crippen molar-refractivity contribution in [2.75, 3.05) is 12.0 Å². The second-order valence-electron chi connectivity index (χ2n) is 5.02. The van der Waals surface area contributed by atoms with Gasteiger partial charge < -0.3 is 9.73 Å². The summed E-state index contributed by atoms with van der Waals surface area (Å²) in [6.45, 7) is 1.86. The van der Waals surface area contributed by atoms with Gasteiger partial charge >= 0.3 is 0 Å². The van der Waals surface area contributed by atoms with Crippen LogP contribution in [0.4, 0.5) is 0 Å². The van der Waals surface area contributed by atoms with Gasteiger partial charge in [0.2, 0.25) is 0 Å². The summed E-state index contributed by atoms with van der Waals surface area (Å²) in [5.74, 6) is 0.869. The molecule has 0 amide bonds. The molecule has 1 aromatic carbocycles. The van der Waals surface area contributed by atoms with E-state index in [1.54, 1.807) is 6.26 Å². The van der Waals surface area contributed by atoms with Crippen LogP contribution in [-0.4, -0.2) is 26.5 Å². The summed E-state index contributed by atoms with van der Waals surface area (Å²) in [4.78, 5) is 0. The van der Waals surface area contributed by atoms with E-state index in [9.17, 15) is 8.42 Å². The summed E-state index contributed by atoms with van der Waals surface area (Å²) in [6, 6.07) is 13.2. The molecule has 0 bridgehead atoms. The number of benzene rings is 1. The normalized spacial score (nSPS) is 14.9. The molecule has 0 radical (unpaired) electrons. The largest absolute Gasteiger partial charge is 0.467 e. The van der Waals surface area contributed by atoms with Gasteiger partial charge in [0.1, 0.15) is 15.6 Å². The van der Waals surface area contributed by atoms with Gasteiger partial charge in [0.15, 0.2) is 0 Å². The smallest absolute Gasteiger partial charge is 0.148 e. The van der Waals surface area contributed by atoms with E-state index in [1.807, 2.05) is 49.4 Å². The lowest BCUT2D eigenvalue weighted by atomic mass is 10.0. The van der Waals surface area contributed by atoms with Crippen molar-refractivity contribution >= 4 is 9.84 Å². The molecule has 4 nitrogen and oxygen atoms in total. The minimum Gasteiger partial charge on any atom is -0.467 e. The van der Waals surface area contributed by atoms with Gasteiger partial charge in [-0.25, -0.2) is 8.42 Å². The topological polar surface area (TPSA) is 59.3 Å². The molecule has 2 atom stereocenters. The Labute approximate surface area is 119 Å². The third-order valence-electron chi connectivity index (χ3n) is 2.96. The van der Waals surface area contributed by atoms with Gasteiger partial charge in [-0.15, -0.1) is 0 Å².